The molecule has 0 saturated heterocycles. The molecule has 0 saturated carbocycles. The van der Waals surface area contributed by atoms with Gasteiger partial charge in [0.15, 0.2) is 0 Å². The number of amides is 2. The molecule has 2 amide bonds. The van der Waals surface area contributed by atoms with Crippen LogP contribution in [-0.2, 0) is 9.59 Å². The third-order valence-corrected chi connectivity index (χ3v) is 3.27. The van der Waals surface area contributed by atoms with Crippen LogP contribution >= 0.6 is 0 Å². The molecule has 1 atom stereocenters. The first-order chi connectivity index (χ1) is 11.1. The molecule has 0 bridgehead atoms. The lowest BCUT2D eigenvalue weighted by Gasteiger charge is -2.30. The summed E-state index contributed by atoms with van der Waals surface area (Å²) < 4.78 is 0. The third kappa shape index (κ3) is 3.18. The zero-order valence-corrected chi connectivity index (χ0v) is 12.4. The topological polar surface area (TPSA) is 86.7 Å². The number of benzene rings is 1. The fraction of sp³-hybridized carbons (Fsp3) is 0.125. The van der Waals surface area contributed by atoms with Crippen LogP contribution < -0.4 is 15.8 Å². The highest BCUT2D eigenvalue weighted by atomic mass is 16.2. The van der Waals surface area contributed by atoms with Gasteiger partial charge in [0.05, 0.1) is 17.6 Å². The van der Waals surface area contributed by atoms with Gasteiger partial charge in [-0.1, -0.05) is 18.2 Å². The SMILES string of the molecule is CC1N=C(C(=O)Nc2cccnc2)NN(c2ccccc2)C1=O. The molecule has 2 aromatic rings. The van der Waals surface area contributed by atoms with Gasteiger partial charge in [-0.15, -0.1) is 0 Å². The smallest absolute Gasteiger partial charge is 0.292 e. The summed E-state index contributed by atoms with van der Waals surface area (Å²) in [4.78, 5) is 32.6. The zero-order valence-electron chi connectivity index (χ0n) is 12.4. The van der Waals surface area contributed by atoms with Gasteiger partial charge in [0.2, 0.25) is 5.84 Å². The molecular weight excluding hydrogens is 294 g/mol. The lowest BCUT2D eigenvalue weighted by Crippen LogP contribution is -2.57. The number of para-hydroxylation sites is 1. The van der Waals surface area contributed by atoms with E-state index in [1.165, 1.54) is 11.2 Å². The van der Waals surface area contributed by atoms with Crippen molar-refractivity contribution in [2.24, 2.45) is 4.99 Å². The van der Waals surface area contributed by atoms with Gasteiger partial charge in [-0.25, -0.2) is 10.0 Å². The Bertz CT molecular complexity index is 746. The predicted octanol–water partition coefficient (Wildman–Crippen LogP) is 1.36. The van der Waals surface area contributed by atoms with Gasteiger partial charge in [0.25, 0.3) is 11.8 Å². The maximum atomic E-state index is 12.3. The predicted molar refractivity (Wildman–Crippen MR) is 86.8 cm³/mol. The normalized spacial score (nSPS) is 17.3. The van der Waals surface area contributed by atoms with Crippen molar-refractivity contribution < 1.29 is 9.59 Å². The quantitative estimate of drug-likeness (QED) is 0.896. The van der Waals surface area contributed by atoms with E-state index in [-0.39, 0.29) is 11.7 Å². The third-order valence-electron chi connectivity index (χ3n) is 3.27. The monoisotopic (exact) mass is 309 g/mol. The number of nitrogens with one attached hydrogen (secondary N) is 2. The van der Waals surface area contributed by atoms with Crippen LogP contribution in [0.25, 0.3) is 0 Å². The second-order valence-corrected chi connectivity index (χ2v) is 4.97. The molecule has 1 unspecified atom stereocenters. The molecule has 0 spiro atoms. The number of aromatic nitrogens is 1. The average Bonchev–Trinajstić information content (AvgIpc) is 2.59. The summed E-state index contributed by atoms with van der Waals surface area (Å²) in [7, 11) is 0. The first kappa shape index (κ1) is 14.7. The number of carbonyl (C=O) groups is 2. The van der Waals surface area contributed by atoms with E-state index in [0.717, 1.165) is 0 Å². The minimum absolute atomic E-state index is 0.0739. The summed E-state index contributed by atoms with van der Waals surface area (Å²) in [5.74, 6) is -0.586. The van der Waals surface area contributed by atoms with Gasteiger partial charge in [-0.05, 0) is 31.2 Å². The summed E-state index contributed by atoms with van der Waals surface area (Å²) >= 11 is 0. The van der Waals surface area contributed by atoms with Crippen LogP contribution in [0.4, 0.5) is 11.4 Å². The van der Waals surface area contributed by atoms with E-state index in [0.29, 0.717) is 11.4 Å². The number of carbonyl (C=O) groups excluding carboxylic acids is 2. The van der Waals surface area contributed by atoms with Gasteiger partial charge < -0.3 is 5.32 Å². The minimum atomic E-state index is -0.647. The van der Waals surface area contributed by atoms with Crippen molar-refractivity contribution in [2.75, 3.05) is 10.3 Å². The number of amidine groups is 1. The largest absolute Gasteiger partial charge is 0.318 e. The van der Waals surface area contributed by atoms with E-state index in [2.05, 4.69) is 20.7 Å². The van der Waals surface area contributed by atoms with Gasteiger partial charge in [0, 0.05) is 6.20 Å². The Hall–Kier alpha value is -3.22. The van der Waals surface area contributed by atoms with Crippen LogP contribution in [0, 0.1) is 0 Å². The van der Waals surface area contributed by atoms with Crippen molar-refractivity contribution in [2.45, 2.75) is 13.0 Å². The van der Waals surface area contributed by atoms with Crippen LogP contribution in [0.3, 0.4) is 0 Å². The highest BCUT2D eigenvalue weighted by molar-refractivity contribution is 6.43. The van der Waals surface area contributed by atoms with Crippen molar-refractivity contribution in [1.29, 1.82) is 0 Å². The molecule has 0 fully saturated rings. The van der Waals surface area contributed by atoms with Crippen molar-refractivity contribution >= 4 is 29.0 Å². The second-order valence-electron chi connectivity index (χ2n) is 4.97. The Morgan fingerprint density at radius 3 is 2.70 bits per heavy atom. The Kier molecular flexibility index (Phi) is 4.01. The second kappa shape index (κ2) is 6.27. The number of hydrogen-bond donors (Lipinski definition) is 2. The van der Waals surface area contributed by atoms with Gasteiger partial charge in [0.1, 0.15) is 6.04 Å². The summed E-state index contributed by atoms with van der Waals surface area (Å²) in [6, 6.07) is 11.8. The Morgan fingerprint density at radius 1 is 1.22 bits per heavy atom. The number of rotatable bonds is 3. The standard InChI is InChI=1S/C16H15N5O2/c1-11-16(23)21(13-7-3-2-4-8-13)20-14(18-11)15(22)19-12-6-5-9-17-10-12/h2-11H,1H3,(H,18,20)(H,19,22). The molecule has 0 aliphatic carbocycles. The van der Waals surface area contributed by atoms with E-state index in [1.54, 1.807) is 37.4 Å². The molecule has 23 heavy (non-hydrogen) atoms. The molecule has 1 aliphatic rings. The van der Waals surface area contributed by atoms with Gasteiger partial charge in [-0.2, -0.15) is 0 Å². The van der Waals surface area contributed by atoms with E-state index in [1.807, 2.05) is 18.2 Å². The number of anilines is 2. The highest BCUT2D eigenvalue weighted by Gasteiger charge is 2.30. The fourth-order valence-corrected chi connectivity index (χ4v) is 2.13. The average molecular weight is 309 g/mol. The molecule has 1 aromatic heterocycles. The first-order valence-corrected chi connectivity index (χ1v) is 7.10. The Labute approximate surface area is 133 Å². The molecule has 1 aliphatic heterocycles. The number of pyridine rings is 1. The lowest BCUT2D eigenvalue weighted by molar-refractivity contribution is -0.120. The molecule has 0 radical (unpaired) electrons. The lowest BCUT2D eigenvalue weighted by atomic mass is 10.2. The van der Waals surface area contributed by atoms with Crippen molar-refractivity contribution in [1.82, 2.24) is 10.4 Å². The van der Waals surface area contributed by atoms with Crippen molar-refractivity contribution in [3.63, 3.8) is 0 Å². The fourth-order valence-electron chi connectivity index (χ4n) is 2.13. The minimum Gasteiger partial charge on any atom is -0.318 e. The number of hydrogen-bond acceptors (Lipinski definition) is 5. The summed E-state index contributed by atoms with van der Waals surface area (Å²) in [6.07, 6.45) is 3.15. The number of nitrogens with zero attached hydrogens (tertiary/aromatic N) is 3. The molecule has 2 N–H and O–H groups in total. The Morgan fingerprint density at radius 2 is 2.00 bits per heavy atom. The van der Waals surface area contributed by atoms with E-state index >= 15 is 0 Å². The Balaban J connectivity index is 1.81. The first-order valence-electron chi connectivity index (χ1n) is 7.10. The summed E-state index contributed by atoms with van der Waals surface area (Å²) in [6.45, 7) is 1.65. The molecule has 3 rings (SSSR count). The number of aliphatic imine (C=N–C) groups is 1. The van der Waals surface area contributed by atoms with Crippen LogP contribution in [0.15, 0.2) is 59.9 Å². The molecular formula is C16H15N5O2. The molecule has 116 valence electrons. The molecule has 1 aromatic carbocycles. The van der Waals surface area contributed by atoms with Crippen LogP contribution in [0.1, 0.15) is 6.92 Å². The van der Waals surface area contributed by atoms with E-state index in [9.17, 15) is 9.59 Å². The van der Waals surface area contributed by atoms with Crippen molar-refractivity contribution in [3.05, 3.63) is 54.9 Å². The summed E-state index contributed by atoms with van der Waals surface area (Å²) in [5.41, 5.74) is 3.97. The maximum Gasteiger partial charge on any atom is 0.292 e. The van der Waals surface area contributed by atoms with E-state index < -0.39 is 11.9 Å². The molecule has 2 heterocycles. The number of hydrazine groups is 1. The van der Waals surface area contributed by atoms with E-state index in [4.69, 9.17) is 0 Å². The van der Waals surface area contributed by atoms with Crippen LogP contribution in [-0.4, -0.2) is 28.7 Å². The maximum absolute atomic E-state index is 12.3. The van der Waals surface area contributed by atoms with Gasteiger partial charge >= 0.3 is 0 Å². The van der Waals surface area contributed by atoms with Crippen LogP contribution in [0.5, 0.6) is 0 Å². The van der Waals surface area contributed by atoms with Gasteiger partial charge in [-0.3, -0.25) is 20.0 Å². The zero-order chi connectivity index (χ0) is 16.2. The molecule has 7 nitrogen and oxygen atoms in total. The summed E-state index contributed by atoms with van der Waals surface area (Å²) in [5, 5.41) is 4.02. The van der Waals surface area contributed by atoms with Crippen molar-refractivity contribution in [3.8, 4) is 0 Å². The molecule has 7 heteroatoms. The highest BCUT2D eigenvalue weighted by Crippen LogP contribution is 2.16. The van der Waals surface area contributed by atoms with Crippen LogP contribution in [0.2, 0.25) is 0 Å².